The molecule has 1 aromatic heterocycles. The molecule has 9 nitrogen and oxygen atoms in total. The van der Waals surface area contributed by atoms with E-state index in [1.54, 1.807) is 13.2 Å². The molecule has 168 valence electrons. The fraction of sp³-hybridized carbons (Fsp3) is 0.227. The van der Waals surface area contributed by atoms with Crippen molar-refractivity contribution in [2.75, 3.05) is 37.1 Å². The number of nitrogen functional groups attached to an aromatic ring is 1. The average Bonchev–Trinajstić information content (AvgIpc) is 2.79. The van der Waals surface area contributed by atoms with Gasteiger partial charge in [0.25, 0.3) is 0 Å². The number of ether oxygens (including phenoxy) is 2. The number of hydrogen-bond donors (Lipinski definition) is 4. The summed E-state index contributed by atoms with van der Waals surface area (Å²) in [5.74, 6) is 1.85. The van der Waals surface area contributed by atoms with Crippen LogP contribution in [0.5, 0.6) is 11.5 Å². The predicted octanol–water partition coefficient (Wildman–Crippen LogP) is 3.71. The SMILES string of the molecule is COc1cccc(CNCCc2cc(OC)c(NC(=O)Nc3cnc(N)cn3)cc2Cl)c1. The van der Waals surface area contributed by atoms with E-state index in [9.17, 15) is 4.79 Å². The second-order valence-electron chi connectivity index (χ2n) is 6.83. The van der Waals surface area contributed by atoms with Crippen LogP contribution in [-0.4, -0.2) is 36.8 Å². The lowest BCUT2D eigenvalue weighted by Crippen LogP contribution is -2.21. The Balaban J connectivity index is 1.57. The van der Waals surface area contributed by atoms with Gasteiger partial charge in [0.15, 0.2) is 5.82 Å². The minimum Gasteiger partial charge on any atom is -0.497 e. The molecule has 0 spiro atoms. The third-order valence-corrected chi connectivity index (χ3v) is 4.92. The molecule has 10 heteroatoms. The van der Waals surface area contributed by atoms with Crippen molar-refractivity contribution in [3.05, 3.63) is 64.9 Å². The molecule has 0 unspecified atom stereocenters. The maximum Gasteiger partial charge on any atom is 0.325 e. The van der Waals surface area contributed by atoms with Crippen LogP contribution in [0, 0.1) is 0 Å². The maximum absolute atomic E-state index is 12.3. The Morgan fingerprint density at radius 2 is 1.94 bits per heavy atom. The number of aromatic nitrogens is 2. The summed E-state index contributed by atoms with van der Waals surface area (Å²) in [6.07, 6.45) is 3.40. The standard InChI is InChI=1S/C22H25ClN6O3/c1-31-16-5-3-4-14(8-16)11-25-7-6-15-9-19(32-2)18(10-17(15)23)28-22(30)29-21-13-26-20(24)12-27-21/h3-5,8-10,12-13,25H,6-7,11H2,1-2H3,(H2,24,26)(H2,27,28,29,30). The van der Waals surface area contributed by atoms with E-state index in [0.717, 1.165) is 16.9 Å². The fourth-order valence-corrected chi connectivity index (χ4v) is 3.22. The number of anilines is 3. The molecule has 0 fully saturated rings. The van der Waals surface area contributed by atoms with E-state index in [2.05, 4.69) is 25.9 Å². The number of urea groups is 1. The van der Waals surface area contributed by atoms with Crippen LogP contribution in [0.2, 0.25) is 5.02 Å². The van der Waals surface area contributed by atoms with Crippen LogP contribution >= 0.6 is 11.6 Å². The van der Waals surface area contributed by atoms with Gasteiger partial charge in [0, 0.05) is 11.6 Å². The molecule has 0 atom stereocenters. The van der Waals surface area contributed by atoms with E-state index in [1.165, 1.54) is 19.5 Å². The molecule has 0 aliphatic rings. The minimum absolute atomic E-state index is 0.262. The Hall–Kier alpha value is -3.56. The lowest BCUT2D eigenvalue weighted by atomic mass is 10.1. The molecule has 0 bridgehead atoms. The second kappa shape index (κ2) is 11.2. The number of carbonyl (C=O) groups is 1. The maximum atomic E-state index is 12.3. The van der Waals surface area contributed by atoms with Crippen LogP contribution in [0.4, 0.5) is 22.1 Å². The topological polar surface area (TPSA) is 123 Å². The van der Waals surface area contributed by atoms with Gasteiger partial charge in [-0.25, -0.2) is 14.8 Å². The number of amides is 2. The van der Waals surface area contributed by atoms with Crippen LogP contribution in [-0.2, 0) is 13.0 Å². The molecule has 3 rings (SSSR count). The van der Waals surface area contributed by atoms with E-state index < -0.39 is 6.03 Å². The van der Waals surface area contributed by atoms with Crippen molar-refractivity contribution < 1.29 is 14.3 Å². The van der Waals surface area contributed by atoms with Crippen molar-refractivity contribution in [1.29, 1.82) is 0 Å². The highest BCUT2D eigenvalue weighted by Gasteiger charge is 2.13. The van der Waals surface area contributed by atoms with Gasteiger partial charge in [-0.15, -0.1) is 0 Å². The summed E-state index contributed by atoms with van der Waals surface area (Å²) in [5.41, 5.74) is 7.96. The summed E-state index contributed by atoms with van der Waals surface area (Å²) in [4.78, 5) is 20.1. The monoisotopic (exact) mass is 456 g/mol. The average molecular weight is 457 g/mol. The Kier molecular flexibility index (Phi) is 8.07. The summed E-state index contributed by atoms with van der Waals surface area (Å²) in [6.45, 7) is 1.42. The number of hydrogen-bond acceptors (Lipinski definition) is 7. The molecule has 2 amide bonds. The lowest BCUT2D eigenvalue weighted by molar-refractivity contribution is 0.262. The van der Waals surface area contributed by atoms with Crippen LogP contribution in [0.3, 0.4) is 0 Å². The molecule has 1 heterocycles. The zero-order valence-electron chi connectivity index (χ0n) is 17.8. The van der Waals surface area contributed by atoms with Gasteiger partial charge in [-0.05, 0) is 48.4 Å². The second-order valence-corrected chi connectivity index (χ2v) is 7.24. The van der Waals surface area contributed by atoms with Crippen LogP contribution in [0.1, 0.15) is 11.1 Å². The van der Waals surface area contributed by atoms with Gasteiger partial charge < -0.3 is 25.8 Å². The van der Waals surface area contributed by atoms with Crippen LogP contribution < -0.4 is 31.2 Å². The van der Waals surface area contributed by atoms with E-state index in [-0.39, 0.29) is 11.6 Å². The molecule has 0 saturated heterocycles. The molecular formula is C22H25ClN6O3. The Labute approximate surface area is 191 Å². The molecule has 0 aliphatic carbocycles. The molecule has 2 aromatic carbocycles. The molecular weight excluding hydrogens is 432 g/mol. The summed E-state index contributed by atoms with van der Waals surface area (Å²) < 4.78 is 10.7. The fourth-order valence-electron chi connectivity index (χ4n) is 2.96. The number of benzene rings is 2. The summed E-state index contributed by atoms with van der Waals surface area (Å²) in [5, 5.41) is 9.19. The van der Waals surface area contributed by atoms with Gasteiger partial charge in [-0.1, -0.05) is 23.7 Å². The van der Waals surface area contributed by atoms with Crippen LogP contribution in [0.15, 0.2) is 48.8 Å². The molecule has 0 saturated carbocycles. The molecule has 32 heavy (non-hydrogen) atoms. The van der Waals surface area contributed by atoms with Gasteiger partial charge in [0.1, 0.15) is 17.3 Å². The van der Waals surface area contributed by atoms with Gasteiger partial charge in [0.05, 0.1) is 32.3 Å². The van der Waals surface area contributed by atoms with Crippen LogP contribution in [0.25, 0.3) is 0 Å². The quantitative estimate of drug-likeness (QED) is 0.362. The van der Waals surface area contributed by atoms with Crippen molar-refractivity contribution in [2.24, 2.45) is 0 Å². The van der Waals surface area contributed by atoms with Crippen molar-refractivity contribution in [3.63, 3.8) is 0 Å². The third-order valence-electron chi connectivity index (χ3n) is 4.56. The minimum atomic E-state index is -0.508. The first-order valence-corrected chi connectivity index (χ1v) is 10.2. The van der Waals surface area contributed by atoms with Gasteiger partial charge in [0.2, 0.25) is 0 Å². The van der Waals surface area contributed by atoms with E-state index in [4.69, 9.17) is 26.8 Å². The molecule has 0 aliphatic heterocycles. The highest BCUT2D eigenvalue weighted by atomic mass is 35.5. The van der Waals surface area contributed by atoms with Crippen molar-refractivity contribution in [3.8, 4) is 11.5 Å². The highest BCUT2D eigenvalue weighted by molar-refractivity contribution is 6.31. The van der Waals surface area contributed by atoms with E-state index in [0.29, 0.717) is 36.0 Å². The van der Waals surface area contributed by atoms with E-state index >= 15 is 0 Å². The predicted molar refractivity (Wildman–Crippen MR) is 125 cm³/mol. The number of nitrogens with one attached hydrogen (secondary N) is 3. The van der Waals surface area contributed by atoms with Crippen molar-refractivity contribution in [2.45, 2.75) is 13.0 Å². The summed E-state index contributed by atoms with van der Waals surface area (Å²) in [6, 6.07) is 10.9. The van der Waals surface area contributed by atoms with E-state index in [1.807, 2.05) is 30.3 Å². The number of carbonyl (C=O) groups excluding carboxylic acids is 1. The zero-order chi connectivity index (χ0) is 22.9. The zero-order valence-corrected chi connectivity index (χ0v) is 18.6. The lowest BCUT2D eigenvalue weighted by Gasteiger charge is -2.14. The Morgan fingerprint density at radius 1 is 1.09 bits per heavy atom. The van der Waals surface area contributed by atoms with Crippen molar-refractivity contribution in [1.82, 2.24) is 15.3 Å². The van der Waals surface area contributed by atoms with Gasteiger partial charge in [-0.2, -0.15) is 0 Å². The molecule has 0 radical (unpaired) electrons. The molecule has 3 aromatic rings. The number of halogens is 1. The highest BCUT2D eigenvalue weighted by Crippen LogP contribution is 2.31. The summed E-state index contributed by atoms with van der Waals surface area (Å²) >= 11 is 6.45. The number of nitrogens with zero attached hydrogens (tertiary/aromatic N) is 2. The number of nitrogens with two attached hydrogens (primary N) is 1. The summed E-state index contributed by atoms with van der Waals surface area (Å²) in [7, 11) is 3.18. The third kappa shape index (κ3) is 6.47. The first-order valence-electron chi connectivity index (χ1n) is 9.84. The Bertz CT molecular complexity index is 1060. The Morgan fingerprint density at radius 3 is 2.66 bits per heavy atom. The normalized spacial score (nSPS) is 10.5. The molecule has 5 N–H and O–H groups in total. The first kappa shape index (κ1) is 23.1. The largest absolute Gasteiger partial charge is 0.497 e. The number of rotatable bonds is 9. The number of methoxy groups -OCH3 is 2. The van der Waals surface area contributed by atoms with Gasteiger partial charge in [-0.3, -0.25) is 5.32 Å². The van der Waals surface area contributed by atoms with Gasteiger partial charge >= 0.3 is 6.03 Å². The van der Waals surface area contributed by atoms with Crippen molar-refractivity contribution >= 4 is 35.0 Å². The smallest absolute Gasteiger partial charge is 0.325 e. The first-order chi connectivity index (χ1) is 15.5.